The molecule has 12 heavy (non-hydrogen) atoms. The van der Waals surface area contributed by atoms with Gasteiger partial charge in [0.1, 0.15) is 18.3 Å². The van der Waals surface area contributed by atoms with Crippen LogP contribution in [0.2, 0.25) is 0 Å². The van der Waals surface area contributed by atoms with Gasteiger partial charge < -0.3 is 25.5 Å². The van der Waals surface area contributed by atoms with E-state index in [1.807, 2.05) is 0 Å². The smallest absolute Gasteiger partial charge is 0.151 e. The summed E-state index contributed by atoms with van der Waals surface area (Å²) in [4.78, 5) is 0. The van der Waals surface area contributed by atoms with Crippen molar-refractivity contribution in [3.8, 4) is 0 Å². The van der Waals surface area contributed by atoms with Gasteiger partial charge in [-0.3, -0.25) is 0 Å². The van der Waals surface area contributed by atoms with Crippen LogP contribution in [0, 0.1) is 0 Å². The first-order chi connectivity index (χ1) is 5.54. The maximum Gasteiger partial charge on any atom is 0.151 e. The molecule has 0 aromatic carbocycles. The second kappa shape index (κ2) is 5.39. The Kier molecular flexibility index (Phi) is 5.27. The molecule has 74 valence electrons. The Labute approximate surface area is 68.7 Å². The number of aliphatic hydroxyl groups is 5. The predicted molar refractivity (Wildman–Crippen MR) is 37.1 cm³/mol. The minimum Gasteiger partial charge on any atom is -0.394 e. The molecular formula is C6H13FO5. The van der Waals surface area contributed by atoms with Crippen LogP contribution in [-0.4, -0.2) is 63.2 Å². The number of aliphatic hydroxyl groups excluding tert-OH is 5. The fourth-order valence-corrected chi connectivity index (χ4v) is 0.658. The first kappa shape index (κ1) is 11.7. The third-order valence-electron chi connectivity index (χ3n) is 1.48. The van der Waals surface area contributed by atoms with Gasteiger partial charge in [-0.1, -0.05) is 0 Å². The highest BCUT2D eigenvalue weighted by Gasteiger charge is 2.30. The molecule has 5 N–H and O–H groups in total. The average molecular weight is 184 g/mol. The van der Waals surface area contributed by atoms with Crippen LogP contribution in [0.25, 0.3) is 0 Å². The predicted octanol–water partition coefficient (Wildman–Crippen LogP) is -2.61. The van der Waals surface area contributed by atoms with Gasteiger partial charge in [0, 0.05) is 0 Å². The van der Waals surface area contributed by atoms with Crippen LogP contribution < -0.4 is 0 Å². The summed E-state index contributed by atoms with van der Waals surface area (Å²) in [6.07, 6.45) is -7.32. The largest absolute Gasteiger partial charge is 0.394 e. The van der Waals surface area contributed by atoms with E-state index >= 15 is 0 Å². The van der Waals surface area contributed by atoms with E-state index < -0.39 is 37.7 Å². The number of halogens is 1. The van der Waals surface area contributed by atoms with E-state index in [0.717, 1.165) is 0 Å². The van der Waals surface area contributed by atoms with E-state index in [-0.39, 0.29) is 0 Å². The van der Waals surface area contributed by atoms with Crippen molar-refractivity contribution in [3.63, 3.8) is 0 Å². The van der Waals surface area contributed by atoms with Crippen molar-refractivity contribution in [2.24, 2.45) is 0 Å². The first-order valence-corrected chi connectivity index (χ1v) is 3.44. The van der Waals surface area contributed by atoms with Crippen molar-refractivity contribution in [1.82, 2.24) is 0 Å². The Balaban J connectivity index is 3.99. The van der Waals surface area contributed by atoms with Crippen molar-refractivity contribution >= 4 is 0 Å². The van der Waals surface area contributed by atoms with E-state index in [2.05, 4.69) is 0 Å². The number of alkyl halides is 1. The maximum atomic E-state index is 12.4. The summed E-state index contributed by atoms with van der Waals surface area (Å²) in [6.45, 7) is -1.73. The first-order valence-electron chi connectivity index (χ1n) is 3.44. The zero-order valence-corrected chi connectivity index (χ0v) is 6.34. The van der Waals surface area contributed by atoms with Gasteiger partial charge in [0.2, 0.25) is 0 Å². The zero-order chi connectivity index (χ0) is 9.72. The lowest BCUT2D eigenvalue weighted by Crippen LogP contribution is -2.45. The van der Waals surface area contributed by atoms with Gasteiger partial charge in [0.05, 0.1) is 13.2 Å². The Bertz CT molecular complexity index is 109. The van der Waals surface area contributed by atoms with E-state index in [0.29, 0.717) is 0 Å². The highest BCUT2D eigenvalue weighted by molar-refractivity contribution is 4.80. The molecule has 0 rings (SSSR count). The lowest BCUT2D eigenvalue weighted by molar-refractivity contribution is -0.106. The Morgan fingerprint density at radius 2 is 1.42 bits per heavy atom. The normalized spacial score (nSPS) is 21.5. The van der Waals surface area contributed by atoms with Crippen LogP contribution >= 0.6 is 0 Å². The standard InChI is InChI=1S/C6H13FO5/c7-3(1-8)5(11)6(12)4(10)2-9/h3-6,8-12H,1-2H2/t3-,4-,5-,6-/m1/s1. The van der Waals surface area contributed by atoms with Crippen LogP contribution in [-0.2, 0) is 0 Å². The highest BCUT2D eigenvalue weighted by atomic mass is 19.1. The van der Waals surface area contributed by atoms with Crippen LogP contribution in [0.4, 0.5) is 4.39 Å². The molecule has 0 amide bonds. The van der Waals surface area contributed by atoms with Gasteiger partial charge in [-0.05, 0) is 0 Å². The van der Waals surface area contributed by atoms with Gasteiger partial charge in [0.15, 0.2) is 6.17 Å². The summed E-state index contributed by atoms with van der Waals surface area (Å²) in [7, 11) is 0. The molecule has 6 heteroatoms. The fourth-order valence-electron chi connectivity index (χ4n) is 0.658. The molecule has 4 atom stereocenters. The fraction of sp³-hybridized carbons (Fsp3) is 1.00. The minimum absolute atomic E-state index is 0.781. The Morgan fingerprint density at radius 1 is 0.917 bits per heavy atom. The zero-order valence-electron chi connectivity index (χ0n) is 6.34. The van der Waals surface area contributed by atoms with Gasteiger partial charge in [-0.15, -0.1) is 0 Å². The Hall–Kier alpha value is -0.270. The highest BCUT2D eigenvalue weighted by Crippen LogP contribution is 2.07. The third-order valence-corrected chi connectivity index (χ3v) is 1.48. The van der Waals surface area contributed by atoms with E-state index in [9.17, 15) is 4.39 Å². The molecule has 0 aromatic heterocycles. The maximum absolute atomic E-state index is 12.4. The van der Waals surface area contributed by atoms with Crippen molar-refractivity contribution in [2.75, 3.05) is 13.2 Å². The quantitative estimate of drug-likeness (QED) is 0.322. The number of rotatable bonds is 5. The SMILES string of the molecule is OC[C@@H](O)[C@@H](O)[C@H](O)[C@H](F)CO. The van der Waals surface area contributed by atoms with Crippen molar-refractivity contribution in [1.29, 1.82) is 0 Å². The van der Waals surface area contributed by atoms with E-state index in [1.165, 1.54) is 0 Å². The van der Waals surface area contributed by atoms with Crippen molar-refractivity contribution < 1.29 is 29.9 Å². The molecule has 0 aliphatic rings. The van der Waals surface area contributed by atoms with Gasteiger partial charge >= 0.3 is 0 Å². The van der Waals surface area contributed by atoms with Crippen molar-refractivity contribution in [3.05, 3.63) is 0 Å². The molecule has 0 heterocycles. The molecule has 0 saturated carbocycles. The molecule has 5 nitrogen and oxygen atoms in total. The lowest BCUT2D eigenvalue weighted by atomic mass is 10.1. The summed E-state index contributed by atoms with van der Waals surface area (Å²) < 4.78 is 12.4. The monoisotopic (exact) mass is 184 g/mol. The molecular weight excluding hydrogens is 171 g/mol. The molecule has 0 aliphatic carbocycles. The lowest BCUT2D eigenvalue weighted by Gasteiger charge is -2.22. The Morgan fingerprint density at radius 3 is 1.75 bits per heavy atom. The molecule has 0 aromatic rings. The topological polar surface area (TPSA) is 101 Å². The summed E-state index contributed by atoms with van der Waals surface area (Å²) in [6, 6.07) is 0. The molecule has 0 unspecified atom stereocenters. The summed E-state index contributed by atoms with van der Waals surface area (Å²) in [5, 5.41) is 43.0. The number of hydrogen-bond donors (Lipinski definition) is 5. The van der Waals surface area contributed by atoms with E-state index in [1.54, 1.807) is 0 Å². The van der Waals surface area contributed by atoms with Crippen LogP contribution in [0.5, 0.6) is 0 Å². The average Bonchev–Trinajstić information content (AvgIpc) is 2.12. The molecule has 0 fully saturated rings. The minimum atomic E-state index is -2.03. The van der Waals surface area contributed by atoms with Crippen LogP contribution in [0.1, 0.15) is 0 Å². The number of hydrogen-bond acceptors (Lipinski definition) is 5. The van der Waals surface area contributed by atoms with E-state index in [4.69, 9.17) is 25.5 Å². The van der Waals surface area contributed by atoms with Crippen LogP contribution in [0.15, 0.2) is 0 Å². The summed E-state index contributed by atoms with van der Waals surface area (Å²) >= 11 is 0. The molecule has 0 aliphatic heterocycles. The summed E-state index contributed by atoms with van der Waals surface area (Å²) in [5.41, 5.74) is 0. The van der Waals surface area contributed by atoms with Gasteiger partial charge in [-0.2, -0.15) is 0 Å². The molecule has 0 spiro atoms. The molecule has 0 saturated heterocycles. The van der Waals surface area contributed by atoms with Gasteiger partial charge in [-0.25, -0.2) is 4.39 Å². The summed E-state index contributed by atoms with van der Waals surface area (Å²) in [5.74, 6) is 0. The third kappa shape index (κ3) is 3.00. The van der Waals surface area contributed by atoms with Crippen LogP contribution in [0.3, 0.4) is 0 Å². The second-order valence-corrected chi connectivity index (χ2v) is 2.43. The molecule has 0 bridgehead atoms. The van der Waals surface area contributed by atoms with Crippen molar-refractivity contribution in [2.45, 2.75) is 24.5 Å². The molecule has 0 radical (unpaired) electrons. The van der Waals surface area contributed by atoms with Gasteiger partial charge in [0.25, 0.3) is 0 Å². The second-order valence-electron chi connectivity index (χ2n) is 2.43.